The Morgan fingerprint density at radius 2 is 2.00 bits per heavy atom. The predicted octanol–water partition coefficient (Wildman–Crippen LogP) is 2.64. The minimum Gasteiger partial charge on any atom is -0.387 e. The van der Waals surface area contributed by atoms with E-state index in [2.05, 4.69) is 5.32 Å². The molecule has 112 valence electrons. The highest BCUT2D eigenvalue weighted by Gasteiger charge is 2.28. The van der Waals surface area contributed by atoms with Gasteiger partial charge in [-0.25, -0.2) is 17.2 Å². The van der Waals surface area contributed by atoms with Gasteiger partial charge < -0.3 is 5.32 Å². The van der Waals surface area contributed by atoms with E-state index in [0.29, 0.717) is 19.0 Å². The van der Waals surface area contributed by atoms with Crippen LogP contribution in [-0.4, -0.2) is 15.0 Å². The van der Waals surface area contributed by atoms with Crippen molar-refractivity contribution in [2.45, 2.75) is 30.6 Å². The van der Waals surface area contributed by atoms with Crippen LogP contribution in [0.25, 0.3) is 0 Å². The van der Waals surface area contributed by atoms with Crippen LogP contribution in [0.1, 0.15) is 25.7 Å². The van der Waals surface area contributed by atoms with Crippen LogP contribution in [0.2, 0.25) is 0 Å². The van der Waals surface area contributed by atoms with Gasteiger partial charge in [0.1, 0.15) is 22.6 Å². The van der Waals surface area contributed by atoms with Gasteiger partial charge in [0, 0.05) is 12.2 Å². The van der Waals surface area contributed by atoms with Crippen LogP contribution < -0.4 is 5.32 Å². The zero-order chi connectivity index (χ0) is 15.5. The fourth-order valence-corrected chi connectivity index (χ4v) is 3.64. The van der Waals surface area contributed by atoms with Crippen LogP contribution in [-0.2, 0) is 9.84 Å². The largest absolute Gasteiger partial charge is 0.387 e. The maximum atomic E-state index is 13.7. The maximum Gasteiger partial charge on any atom is 0.221 e. The second kappa shape index (κ2) is 6.22. The van der Waals surface area contributed by atoms with Gasteiger partial charge in [0.2, 0.25) is 9.84 Å². The number of hydrogen-bond acceptors (Lipinski definition) is 4. The molecule has 0 radical (unpaired) electrons. The van der Waals surface area contributed by atoms with Gasteiger partial charge in [-0.3, -0.25) is 0 Å². The minimum atomic E-state index is -4.38. The number of nitriles is 1. The van der Waals surface area contributed by atoms with Crippen molar-refractivity contribution < 1.29 is 17.2 Å². The van der Waals surface area contributed by atoms with Gasteiger partial charge >= 0.3 is 0 Å². The fourth-order valence-electron chi connectivity index (χ4n) is 2.21. The Morgan fingerprint density at radius 1 is 1.24 bits per heavy atom. The number of rotatable bonds is 2. The van der Waals surface area contributed by atoms with E-state index in [0.717, 1.165) is 31.4 Å². The molecule has 7 heteroatoms. The highest BCUT2D eigenvalue weighted by Crippen LogP contribution is 2.26. The Bertz CT molecular complexity index is 711. The summed E-state index contributed by atoms with van der Waals surface area (Å²) < 4.78 is 51.8. The normalized spacial score (nSPS) is 18.3. The van der Waals surface area contributed by atoms with Gasteiger partial charge in [0.15, 0.2) is 4.91 Å². The first kappa shape index (κ1) is 15.4. The first-order valence-electron chi connectivity index (χ1n) is 6.54. The highest BCUT2D eigenvalue weighted by molar-refractivity contribution is 7.95. The molecule has 0 atom stereocenters. The SMILES string of the molecule is N#CC(=C1CCCCCN1)S(=O)(=O)c1cc(F)ccc1F. The summed E-state index contributed by atoms with van der Waals surface area (Å²) in [6.07, 6.45) is 2.94. The third-order valence-corrected chi connectivity index (χ3v) is 5.04. The average Bonchev–Trinajstić information content (AvgIpc) is 2.71. The van der Waals surface area contributed by atoms with Gasteiger partial charge in [-0.2, -0.15) is 5.26 Å². The molecule has 0 spiro atoms. The molecule has 1 aromatic rings. The number of benzene rings is 1. The van der Waals surface area contributed by atoms with Crippen molar-refractivity contribution in [2.75, 3.05) is 6.54 Å². The maximum absolute atomic E-state index is 13.7. The fraction of sp³-hybridized carbons (Fsp3) is 0.357. The molecule has 0 amide bonds. The van der Waals surface area contributed by atoms with Crippen molar-refractivity contribution in [1.29, 1.82) is 5.26 Å². The Morgan fingerprint density at radius 3 is 2.71 bits per heavy atom. The van der Waals surface area contributed by atoms with E-state index in [9.17, 15) is 22.5 Å². The number of nitrogens with zero attached hydrogens (tertiary/aromatic N) is 1. The number of halogens is 2. The molecule has 1 heterocycles. The predicted molar refractivity (Wildman–Crippen MR) is 72.7 cm³/mol. The number of hydrogen-bond donors (Lipinski definition) is 1. The summed E-state index contributed by atoms with van der Waals surface area (Å²) in [5.74, 6) is -1.94. The monoisotopic (exact) mass is 312 g/mol. The summed E-state index contributed by atoms with van der Waals surface area (Å²) >= 11 is 0. The summed E-state index contributed by atoms with van der Waals surface area (Å²) in [4.78, 5) is -1.34. The van der Waals surface area contributed by atoms with Gasteiger partial charge in [-0.1, -0.05) is 6.42 Å². The Balaban J connectivity index is 2.57. The Kier molecular flexibility index (Phi) is 4.58. The smallest absolute Gasteiger partial charge is 0.221 e. The van der Waals surface area contributed by atoms with E-state index >= 15 is 0 Å². The summed E-state index contributed by atoms with van der Waals surface area (Å²) in [6.45, 7) is 0.557. The van der Waals surface area contributed by atoms with Crippen molar-refractivity contribution >= 4 is 9.84 Å². The van der Waals surface area contributed by atoms with Gasteiger partial charge in [-0.05, 0) is 37.5 Å². The Labute approximate surface area is 122 Å². The van der Waals surface area contributed by atoms with Crippen molar-refractivity contribution in [1.82, 2.24) is 5.32 Å². The molecule has 1 aromatic carbocycles. The van der Waals surface area contributed by atoms with Crippen molar-refractivity contribution in [3.8, 4) is 6.07 Å². The standard InChI is InChI=1S/C14H14F2N2O2S/c15-10-5-6-11(16)13(8-10)21(19,20)14(9-17)12-4-2-1-3-7-18-12/h5-6,8,18H,1-4,7H2. The molecule has 0 unspecified atom stereocenters. The lowest BCUT2D eigenvalue weighted by atomic mass is 10.2. The Hall–Kier alpha value is -1.94. The minimum absolute atomic E-state index is 0.277. The quantitative estimate of drug-likeness (QED) is 0.852. The third kappa shape index (κ3) is 3.22. The van der Waals surface area contributed by atoms with Crippen LogP contribution in [0.15, 0.2) is 33.7 Å². The lowest BCUT2D eigenvalue weighted by molar-refractivity contribution is 0.556. The molecule has 1 fully saturated rings. The summed E-state index contributed by atoms with van der Waals surface area (Å²) in [5, 5.41) is 12.1. The molecule has 2 rings (SSSR count). The lowest BCUT2D eigenvalue weighted by Gasteiger charge is -2.11. The molecule has 1 saturated heterocycles. The van der Waals surface area contributed by atoms with Crippen LogP contribution in [0, 0.1) is 23.0 Å². The second-order valence-corrected chi connectivity index (χ2v) is 6.59. The van der Waals surface area contributed by atoms with E-state index in [-0.39, 0.29) is 5.70 Å². The average molecular weight is 312 g/mol. The van der Waals surface area contributed by atoms with E-state index in [1.807, 2.05) is 0 Å². The topological polar surface area (TPSA) is 70.0 Å². The molecule has 4 nitrogen and oxygen atoms in total. The van der Waals surface area contributed by atoms with E-state index in [1.54, 1.807) is 6.07 Å². The van der Waals surface area contributed by atoms with Crippen LogP contribution in [0.3, 0.4) is 0 Å². The van der Waals surface area contributed by atoms with Crippen LogP contribution in [0.4, 0.5) is 8.78 Å². The summed E-state index contributed by atoms with van der Waals surface area (Å²) in [5.41, 5.74) is 0.277. The summed E-state index contributed by atoms with van der Waals surface area (Å²) in [7, 11) is -4.38. The number of nitrogens with one attached hydrogen (secondary N) is 1. The molecule has 0 bridgehead atoms. The molecule has 1 N–H and O–H groups in total. The van der Waals surface area contributed by atoms with Gasteiger partial charge in [0.25, 0.3) is 0 Å². The molecule has 0 saturated carbocycles. The molecule has 0 aliphatic carbocycles. The van der Waals surface area contributed by atoms with Crippen LogP contribution >= 0.6 is 0 Å². The van der Waals surface area contributed by atoms with Gasteiger partial charge in [-0.15, -0.1) is 0 Å². The molecule has 1 aliphatic rings. The first-order valence-corrected chi connectivity index (χ1v) is 8.02. The highest BCUT2D eigenvalue weighted by atomic mass is 32.2. The molecule has 21 heavy (non-hydrogen) atoms. The first-order chi connectivity index (χ1) is 9.96. The summed E-state index contributed by atoms with van der Waals surface area (Å²) in [6, 6.07) is 3.79. The number of sulfone groups is 1. The zero-order valence-electron chi connectivity index (χ0n) is 11.2. The lowest BCUT2D eigenvalue weighted by Crippen LogP contribution is -2.18. The van der Waals surface area contributed by atoms with Crippen molar-refractivity contribution in [3.63, 3.8) is 0 Å². The van der Waals surface area contributed by atoms with E-state index < -0.39 is 31.3 Å². The second-order valence-electron chi connectivity index (χ2n) is 4.74. The van der Waals surface area contributed by atoms with Crippen molar-refractivity contribution in [3.05, 3.63) is 40.4 Å². The molecule has 1 aliphatic heterocycles. The number of allylic oxidation sites excluding steroid dienone is 2. The van der Waals surface area contributed by atoms with Gasteiger partial charge in [0.05, 0.1) is 0 Å². The van der Waals surface area contributed by atoms with E-state index in [1.165, 1.54) is 0 Å². The molecular formula is C14H14F2N2O2S. The van der Waals surface area contributed by atoms with Crippen LogP contribution in [0.5, 0.6) is 0 Å². The third-order valence-electron chi connectivity index (χ3n) is 3.27. The zero-order valence-corrected chi connectivity index (χ0v) is 12.0. The molecular weight excluding hydrogens is 298 g/mol. The molecule has 0 aromatic heterocycles. The van der Waals surface area contributed by atoms with E-state index in [4.69, 9.17) is 0 Å². The van der Waals surface area contributed by atoms with Crippen molar-refractivity contribution in [2.24, 2.45) is 0 Å².